The van der Waals surface area contributed by atoms with E-state index in [-0.39, 0.29) is 18.4 Å². The molecule has 1 aromatic carbocycles. The molecule has 6 nitrogen and oxygen atoms in total. The number of aldehydes is 1. The number of carbonyl (C=O) groups excluding carboxylic acids is 3. The van der Waals surface area contributed by atoms with E-state index in [0.717, 1.165) is 53.3 Å². The zero-order chi connectivity index (χ0) is 20.4. The van der Waals surface area contributed by atoms with Gasteiger partial charge in [-0.2, -0.15) is 0 Å². The smallest absolute Gasteiger partial charge is 0.341 e. The highest BCUT2D eigenvalue weighted by molar-refractivity contribution is 7.17. The Morgan fingerprint density at radius 1 is 1.24 bits per heavy atom. The minimum Gasteiger partial charge on any atom is -0.462 e. The van der Waals surface area contributed by atoms with Crippen molar-refractivity contribution < 1.29 is 19.1 Å². The summed E-state index contributed by atoms with van der Waals surface area (Å²) < 4.78 is 7.00. The summed E-state index contributed by atoms with van der Waals surface area (Å²) in [4.78, 5) is 37.8. The number of hydrogen-bond donors (Lipinski definition) is 1. The van der Waals surface area contributed by atoms with Crippen LogP contribution in [-0.4, -0.2) is 29.3 Å². The number of benzene rings is 1. The zero-order valence-corrected chi connectivity index (χ0v) is 17.0. The second kappa shape index (κ2) is 8.21. The van der Waals surface area contributed by atoms with Gasteiger partial charge in [0.05, 0.1) is 12.2 Å². The third kappa shape index (κ3) is 3.70. The van der Waals surface area contributed by atoms with Crippen molar-refractivity contribution in [1.82, 2.24) is 4.57 Å². The Morgan fingerprint density at radius 3 is 2.83 bits per heavy atom. The zero-order valence-electron chi connectivity index (χ0n) is 16.2. The largest absolute Gasteiger partial charge is 0.462 e. The molecule has 2 heterocycles. The van der Waals surface area contributed by atoms with Gasteiger partial charge < -0.3 is 14.6 Å². The number of nitrogens with one attached hydrogen (secondary N) is 1. The predicted molar refractivity (Wildman–Crippen MR) is 113 cm³/mol. The number of anilines is 1. The van der Waals surface area contributed by atoms with Crippen molar-refractivity contribution in [1.29, 1.82) is 0 Å². The molecule has 1 aliphatic carbocycles. The van der Waals surface area contributed by atoms with E-state index in [9.17, 15) is 14.4 Å². The number of aryl methyl sites for hydroxylation is 1. The standard InChI is InChI=1S/C22H22N2O4S/c1-2-28-22(27)20-16-8-4-6-10-18(16)29-21(20)23-19(26)12-24-11-14(13-25)15-7-3-5-9-17(15)24/h3,5,7,9,11,13H,2,4,6,8,10,12H2,1H3,(H,23,26). The fraction of sp³-hybridized carbons (Fsp3) is 0.318. The molecule has 0 bridgehead atoms. The van der Waals surface area contributed by atoms with E-state index in [2.05, 4.69) is 5.32 Å². The van der Waals surface area contributed by atoms with E-state index in [1.807, 2.05) is 24.3 Å². The van der Waals surface area contributed by atoms with Crippen molar-refractivity contribution in [3.05, 3.63) is 52.0 Å². The molecule has 29 heavy (non-hydrogen) atoms. The van der Waals surface area contributed by atoms with Crippen LogP contribution in [0.3, 0.4) is 0 Å². The molecule has 3 aromatic rings. The van der Waals surface area contributed by atoms with Crippen LogP contribution in [0, 0.1) is 0 Å². The van der Waals surface area contributed by atoms with Crippen LogP contribution < -0.4 is 5.32 Å². The molecule has 0 unspecified atom stereocenters. The van der Waals surface area contributed by atoms with E-state index < -0.39 is 0 Å². The van der Waals surface area contributed by atoms with E-state index in [1.54, 1.807) is 17.7 Å². The summed E-state index contributed by atoms with van der Waals surface area (Å²) in [6, 6.07) is 7.47. The fourth-order valence-electron chi connectivity index (χ4n) is 3.89. The van der Waals surface area contributed by atoms with Gasteiger partial charge in [0, 0.05) is 27.5 Å². The highest BCUT2D eigenvalue weighted by atomic mass is 32.1. The number of ether oxygens (including phenoxy) is 1. The molecule has 0 atom stereocenters. The summed E-state index contributed by atoms with van der Waals surface area (Å²) in [7, 11) is 0. The van der Waals surface area contributed by atoms with Gasteiger partial charge in [0.2, 0.25) is 5.91 Å². The lowest BCUT2D eigenvalue weighted by atomic mass is 9.95. The number of hydrogen-bond acceptors (Lipinski definition) is 5. The number of rotatable bonds is 6. The van der Waals surface area contributed by atoms with E-state index in [0.29, 0.717) is 22.7 Å². The summed E-state index contributed by atoms with van der Waals surface area (Å²) in [5, 5.41) is 4.29. The van der Waals surface area contributed by atoms with Gasteiger partial charge in [-0.05, 0) is 44.2 Å². The molecule has 0 aliphatic heterocycles. The van der Waals surface area contributed by atoms with Gasteiger partial charge >= 0.3 is 5.97 Å². The van der Waals surface area contributed by atoms with Gasteiger partial charge in [-0.3, -0.25) is 9.59 Å². The van der Waals surface area contributed by atoms with Crippen molar-refractivity contribution >= 4 is 45.4 Å². The maximum atomic E-state index is 12.8. The SMILES string of the molecule is CCOC(=O)c1c(NC(=O)Cn2cc(C=O)c3ccccc32)sc2c1CCCC2. The van der Waals surface area contributed by atoms with Crippen LogP contribution in [0.15, 0.2) is 30.5 Å². The van der Waals surface area contributed by atoms with Gasteiger partial charge in [0.1, 0.15) is 11.5 Å². The average Bonchev–Trinajstić information content (AvgIpc) is 3.26. The summed E-state index contributed by atoms with van der Waals surface area (Å²) in [5.41, 5.74) is 2.89. The molecule has 1 N–H and O–H groups in total. The van der Waals surface area contributed by atoms with E-state index >= 15 is 0 Å². The van der Waals surface area contributed by atoms with Crippen LogP contribution in [0.2, 0.25) is 0 Å². The Morgan fingerprint density at radius 2 is 2.03 bits per heavy atom. The minimum atomic E-state index is -0.378. The third-order valence-electron chi connectivity index (χ3n) is 5.16. The Balaban J connectivity index is 1.61. The van der Waals surface area contributed by atoms with Gasteiger partial charge in [-0.1, -0.05) is 18.2 Å². The molecular weight excluding hydrogens is 388 g/mol. The number of fused-ring (bicyclic) bond motifs is 2. The Kier molecular flexibility index (Phi) is 5.49. The van der Waals surface area contributed by atoms with Gasteiger partial charge in [0.25, 0.3) is 0 Å². The van der Waals surface area contributed by atoms with Crippen molar-refractivity contribution in [2.75, 3.05) is 11.9 Å². The highest BCUT2D eigenvalue weighted by Gasteiger charge is 2.27. The molecule has 0 radical (unpaired) electrons. The Bertz CT molecular complexity index is 1100. The van der Waals surface area contributed by atoms with Gasteiger partial charge in [-0.25, -0.2) is 4.79 Å². The van der Waals surface area contributed by atoms with Crippen LogP contribution in [0.5, 0.6) is 0 Å². The number of para-hydroxylation sites is 1. The second-order valence-corrected chi connectivity index (χ2v) is 8.14. The number of aromatic nitrogens is 1. The van der Waals surface area contributed by atoms with Crippen LogP contribution in [0.4, 0.5) is 5.00 Å². The third-order valence-corrected chi connectivity index (χ3v) is 6.37. The molecule has 150 valence electrons. The quantitative estimate of drug-likeness (QED) is 0.488. The first-order valence-corrected chi connectivity index (χ1v) is 10.6. The molecular formula is C22H22N2O4S. The molecule has 0 saturated heterocycles. The summed E-state index contributed by atoms with van der Waals surface area (Å²) in [6.07, 6.45) is 6.36. The average molecular weight is 410 g/mol. The van der Waals surface area contributed by atoms with Crippen molar-refractivity contribution in [2.45, 2.75) is 39.2 Å². The number of carbonyl (C=O) groups is 3. The molecule has 4 rings (SSSR count). The lowest BCUT2D eigenvalue weighted by Gasteiger charge is -2.12. The number of nitrogens with zero attached hydrogens (tertiary/aromatic N) is 1. The molecule has 0 spiro atoms. The fourth-order valence-corrected chi connectivity index (χ4v) is 5.19. The topological polar surface area (TPSA) is 77.4 Å². The first-order chi connectivity index (χ1) is 14.1. The van der Waals surface area contributed by atoms with E-state index in [1.165, 1.54) is 11.3 Å². The highest BCUT2D eigenvalue weighted by Crippen LogP contribution is 2.38. The lowest BCUT2D eigenvalue weighted by molar-refractivity contribution is -0.116. The number of esters is 1. The summed E-state index contributed by atoms with van der Waals surface area (Å²) >= 11 is 1.47. The minimum absolute atomic E-state index is 0.0547. The maximum absolute atomic E-state index is 12.8. The summed E-state index contributed by atoms with van der Waals surface area (Å²) in [5.74, 6) is -0.621. The van der Waals surface area contributed by atoms with Crippen molar-refractivity contribution in [2.24, 2.45) is 0 Å². The van der Waals surface area contributed by atoms with Crippen LogP contribution >= 0.6 is 11.3 Å². The Hall–Kier alpha value is -2.93. The molecule has 1 aliphatic rings. The molecule has 0 saturated carbocycles. The number of amides is 1. The summed E-state index contributed by atoms with van der Waals surface area (Å²) in [6.45, 7) is 2.12. The lowest BCUT2D eigenvalue weighted by Crippen LogP contribution is -2.20. The van der Waals surface area contributed by atoms with Gasteiger partial charge in [-0.15, -0.1) is 11.3 Å². The molecule has 7 heteroatoms. The Labute approximate surface area is 172 Å². The molecule has 1 amide bonds. The first-order valence-electron chi connectivity index (χ1n) is 9.77. The first kappa shape index (κ1) is 19.4. The second-order valence-electron chi connectivity index (χ2n) is 7.03. The van der Waals surface area contributed by atoms with Gasteiger partial charge in [0.15, 0.2) is 6.29 Å². The van der Waals surface area contributed by atoms with Crippen LogP contribution in [0.25, 0.3) is 10.9 Å². The van der Waals surface area contributed by atoms with Crippen molar-refractivity contribution in [3.8, 4) is 0 Å². The van der Waals surface area contributed by atoms with Crippen LogP contribution in [-0.2, 0) is 28.9 Å². The van der Waals surface area contributed by atoms with E-state index in [4.69, 9.17) is 4.74 Å². The normalized spacial score (nSPS) is 13.1. The molecule has 0 fully saturated rings. The molecule has 2 aromatic heterocycles. The monoisotopic (exact) mass is 410 g/mol. The van der Waals surface area contributed by atoms with Crippen LogP contribution in [0.1, 0.15) is 50.9 Å². The number of thiophene rings is 1. The predicted octanol–water partition coefficient (Wildman–Crippen LogP) is 4.21. The maximum Gasteiger partial charge on any atom is 0.341 e. The van der Waals surface area contributed by atoms with Crippen molar-refractivity contribution in [3.63, 3.8) is 0 Å².